The summed E-state index contributed by atoms with van der Waals surface area (Å²) in [5.41, 5.74) is 2.83. The van der Waals surface area contributed by atoms with E-state index in [-0.39, 0.29) is 0 Å². The molecular weight excluding hydrogens is 163 g/mol. The molecule has 1 rings (SSSR count). The predicted molar refractivity (Wildman–Crippen MR) is 63.7 cm³/mol. The molecule has 0 amide bonds. The van der Waals surface area contributed by atoms with Crippen LogP contribution in [-0.4, -0.2) is 17.7 Å². The number of hydrogen-bond donors (Lipinski definition) is 0. The van der Waals surface area contributed by atoms with Crippen LogP contribution in [0.2, 0.25) is 0 Å². The maximum atomic E-state index is 2.34. The molecule has 2 unspecified atom stereocenters. The summed E-state index contributed by atoms with van der Waals surface area (Å²) in [5, 5.41) is 0. The monoisotopic (exact) mass is 182 g/mol. The van der Waals surface area contributed by atoms with Crippen molar-refractivity contribution in [2.75, 3.05) is 0 Å². The van der Waals surface area contributed by atoms with Gasteiger partial charge in [0, 0.05) is 0 Å². The van der Waals surface area contributed by atoms with Gasteiger partial charge in [0.05, 0.1) is 0 Å². The van der Waals surface area contributed by atoms with Crippen molar-refractivity contribution < 1.29 is 0 Å². The van der Waals surface area contributed by atoms with Crippen LogP contribution >= 0.6 is 0 Å². The molecule has 0 fully saturated rings. The molecule has 0 heterocycles. The fourth-order valence-electron chi connectivity index (χ4n) is 1.80. The van der Waals surface area contributed by atoms with Gasteiger partial charge in [0.1, 0.15) is 0 Å². The first-order valence-electron chi connectivity index (χ1n) is 5.70. The van der Waals surface area contributed by atoms with Crippen molar-refractivity contribution in [3.63, 3.8) is 0 Å². The molecule has 0 bridgehead atoms. The summed E-state index contributed by atoms with van der Waals surface area (Å²) in [7, 11) is 0. The Bertz CT molecular complexity index is 263. The van der Waals surface area contributed by atoms with Gasteiger partial charge in [-0.3, -0.25) is 0 Å². The van der Waals surface area contributed by atoms with Gasteiger partial charge in [-0.25, -0.2) is 0 Å². The van der Waals surface area contributed by atoms with E-state index in [9.17, 15) is 0 Å². The van der Waals surface area contributed by atoms with Gasteiger partial charge in [-0.05, 0) is 0 Å². The van der Waals surface area contributed by atoms with Crippen molar-refractivity contribution in [2.24, 2.45) is 5.92 Å². The molecule has 1 aromatic rings. The molecular formula is C13H19Li. The Labute approximate surface area is 97.3 Å². The third-order valence-corrected chi connectivity index (χ3v) is 3.10. The summed E-state index contributed by atoms with van der Waals surface area (Å²) in [6, 6.07) is 8.95. The number of rotatable bonds is 4. The average Bonchev–Trinajstić information content (AvgIpc) is 2.18. The van der Waals surface area contributed by atoms with Gasteiger partial charge in [0.2, 0.25) is 0 Å². The number of aryl methyl sites for hydroxylation is 1. The Kier molecular flexibility index (Phi) is 4.79. The molecule has 0 nitrogen and oxygen atoms in total. The van der Waals surface area contributed by atoms with Crippen molar-refractivity contribution in [3.05, 3.63) is 35.4 Å². The van der Waals surface area contributed by atoms with Crippen molar-refractivity contribution >= 4 is 17.7 Å². The summed E-state index contributed by atoms with van der Waals surface area (Å²) >= 11 is 2.33. The zero-order valence-corrected chi connectivity index (χ0v) is 9.88. The zero-order chi connectivity index (χ0) is 10.6. The van der Waals surface area contributed by atoms with Gasteiger partial charge >= 0.3 is 97.2 Å². The fraction of sp³-hybridized carbons (Fsp3) is 0.538. The van der Waals surface area contributed by atoms with Crippen LogP contribution in [0.15, 0.2) is 24.3 Å². The van der Waals surface area contributed by atoms with Crippen LogP contribution in [0.25, 0.3) is 0 Å². The molecule has 0 N–H and O–H groups in total. The van der Waals surface area contributed by atoms with Crippen LogP contribution in [0.4, 0.5) is 0 Å². The van der Waals surface area contributed by atoms with Crippen molar-refractivity contribution in [3.8, 4) is 0 Å². The van der Waals surface area contributed by atoms with Gasteiger partial charge in [0.15, 0.2) is 0 Å². The molecule has 1 heteroatoms. The molecule has 72 valence electrons. The Morgan fingerprint density at radius 3 is 2.29 bits per heavy atom. The summed E-state index contributed by atoms with van der Waals surface area (Å²) < 4.78 is 0.700. The third kappa shape index (κ3) is 3.52. The van der Waals surface area contributed by atoms with Gasteiger partial charge in [-0.15, -0.1) is 0 Å². The van der Waals surface area contributed by atoms with E-state index in [1.165, 1.54) is 24.0 Å². The van der Waals surface area contributed by atoms with Gasteiger partial charge in [-0.2, -0.15) is 0 Å². The third-order valence-electron chi connectivity index (χ3n) is 3.10. The van der Waals surface area contributed by atoms with E-state index in [4.69, 9.17) is 0 Å². The Morgan fingerprint density at radius 2 is 1.79 bits per heavy atom. The molecule has 14 heavy (non-hydrogen) atoms. The molecule has 1 aromatic carbocycles. The average molecular weight is 182 g/mol. The minimum atomic E-state index is 0.700. The SMILES string of the molecule is [Li][CH](CC(C)CC)c1ccc(C)cc1. The van der Waals surface area contributed by atoms with Gasteiger partial charge in [-0.1, -0.05) is 0 Å². The Balaban J connectivity index is 2.60. The number of benzene rings is 1. The van der Waals surface area contributed by atoms with Gasteiger partial charge in [0.25, 0.3) is 0 Å². The zero-order valence-electron chi connectivity index (χ0n) is 9.88. The van der Waals surface area contributed by atoms with E-state index < -0.39 is 0 Å². The molecule has 0 saturated carbocycles. The topological polar surface area (TPSA) is 0 Å². The van der Waals surface area contributed by atoms with Crippen molar-refractivity contribution in [2.45, 2.75) is 38.2 Å². The predicted octanol–water partition coefficient (Wildman–Crippen LogP) is 3.64. The van der Waals surface area contributed by atoms with Crippen LogP contribution < -0.4 is 0 Å². The molecule has 0 radical (unpaired) electrons. The van der Waals surface area contributed by atoms with E-state index >= 15 is 0 Å². The van der Waals surface area contributed by atoms with E-state index in [1.807, 2.05) is 0 Å². The molecule has 0 aromatic heterocycles. The summed E-state index contributed by atoms with van der Waals surface area (Å²) in [6.07, 6.45) is 2.59. The normalized spacial score (nSPS) is 15.2. The van der Waals surface area contributed by atoms with Crippen LogP contribution in [0.3, 0.4) is 0 Å². The molecule has 0 aliphatic heterocycles. The van der Waals surface area contributed by atoms with Crippen molar-refractivity contribution in [1.82, 2.24) is 0 Å². The maximum absolute atomic E-state index is 2.34. The Hall–Kier alpha value is -0.183. The Morgan fingerprint density at radius 1 is 1.21 bits per heavy atom. The minimum absolute atomic E-state index is 0.700. The first kappa shape index (κ1) is 11.9. The van der Waals surface area contributed by atoms with Crippen LogP contribution in [0.1, 0.15) is 42.4 Å². The second kappa shape index (κ2) is 5.64. The number of hydrogen-bond acceptors (Lipinski definition) is 0. The van der Waals surface area contributed by atoms with E-state index in [0.29, 0.717) is 4.59 Å². The summed E-state index contributed by atoms with van der Waals surface area (Å²) in [6.45, 7) is 6.75. The summed E-state index contributed by atoms with van der Waals surface area (Å²) in [4.78, 5) is 0. The van der Waals surface area contributed by atoms with E-state index in [0.717, 1.165) is 5.92 Å². The van der Waals surface area contributed by atoms with Crippen molar-refractivity contribution in [1.29, 1.82) is 0 Å². The standard InChI is InChI=1S/C13H19.Li/c1-4-11(2)5-8-13-9-6-12(3)7-10-13;/h6-11H,4-5H2,1-3H3;. The molecule has 0 spiro atoms. The second-order valence-electron chi connectivity index (χ2n) is 4.56. The molecule has 0 aliphatic carbocycles. The quantitative estimate of drug-likeness (QED) is 0.623. The second-order valence-corrected chi connectivity index (χ2v) is 4.56. The van der Waals surface area contributed by atoms with E-state index in [2.05, 4.69) is 62.8 Å². The van der Waals surface area contributed by atoms with Crippen LogP contribution in [-0.2, 0) is 0 Å². The van der Waals surface area contributed by atoms with E-state index in [1.54, 1.807) is 0 Å². The van der Waals surface area contributed by atoms with Crippen LogP contribution in [0.5, 0.6) is 0 Å². The molecule has 0 saturated heterocycles. The van der Waals surface area contributed by atoms with Gasteiger partial charge < -0.3 is 0 Å². The molecule has 2 atom stereocenters. The van der Waals surface area contributed by atoms with Crippen LogP contribution in [0, 0.1) is 12.8 Å². The first-order chi connectivity index (χ1) is 6.63. The fourth-order valence-corrected chi connectivity index (χ4v) is 1.80. The summed E-state index contributed by atoms with van der Waals surface area (Å²) in [5.74, 6) is 0.839. The molecule has 0 aliphatic rings. The first-order valence-corrected chi connectivity index (χ1v) is 5.70.